The lowest BCUT2D eigenvalue weighted by molar-refractivity contribution is 0.0991. The monoisotopic (exact) mass is 1430 g/mol. The number of aromatic nitrogens is 12. The molecule has 0 bridgehead atoms. The summed E-state index contributed by atoms with van der Waals surface area (Å²) in [5, 5.41) is 37.3. The van der Waals surface area contributed by atoms with E-state index in [1.807, 2.05) is 26.8 Å². The second-order valence-corrected chi connectivity index (χ2v) is 31.1. The van der Waals surface area contributed by atoms with Gasteiger partial charge in [-0.15, -0.1) is 0 Å². The Kier molecular flexibility index (Phi) is 34.2. The van der Waals surface area contributed by atoms with Crippen LogP contribution in [0.5, 0.6) is 0 Å². The summed E-state index contributed by atoms with van der Waals surface area (Å²) in [6, 6.07) is 5.14. The van der Waals surface area contributed by atoms with Gasteiger partial charge >= 0.3 is 0 Å². The van der Waals surface area contributed by atoms with Gasteiger partial charge in [0, 0.05) is 61.0 Å². The molecule has 0 aliphatic carbocycles. The van der Waals surface area contributed by atoms with E-state index < -0.39 is 23.6 Å². The van der Waals surface area contributed by atoms with Crippen molar-refractivity contribution < 1.29 is 19.2 Å². The average Bonchev–Trinajstić information content (AvgIpc) is 0.846. The fourth-order valence-electron chi connectivity index (χ4n) is 8.62. The first-order chi connectivity index (χ1) is 47.2. The number of primary amides is 4. The molecule has 566 valence electrons. The molecule has 0 saturated heterocycles. The van der Waals surface area contributed by atoms with Gasteiger partial charge in [-0.25, -0.2) is 39.9 Å². The Labute approximate surface area is 609 Å². The summed E-state index contributed by atoms with van der Waals surface area (Å²) < 4.78 is 0. The van der Waals surface area contributed by atoms with Gasteiger partial charge in [0.2, 0.25) is 23.8 Å². The molecule has 4 amide bonds. The second-order valence-electron chi connectivity index (χ2n) is 31.1. The van der Waals surface area contributed by atoms with Crippen molar-refractivity contribution in [3.63, 3.8) is 0 Å². The van der Waals surface area contributed by atoms with E-state index in [0.29, 0.717) is 68.8 Å². The molecule has 6 atom stereocenters. The number of hydrogen-bond acceptors (Lipinski definition) is 28. The molecule has 0 fully saturated rings. The summed E-state index contributed by atoms with van der Waals surface area (Å²) in [4.78, 5) is 92.9. The van der Waals surface area contributed by atoms with E-state index >= 15 is 0 Å². The predicted molar refractivity (Wildman–Crippen MR) is 412 cm³/mol. The Morgan fingerprint density at radius 2 is 0.553 bits per heavy atom. The molecule has 0 aromatic carbocycles. The molecule has 6 heterocycles. The van der Waals surface area contributed by atoms with Gasteiger partial charge in [0.25, 0.3) is 23.6 Å². The number of hydrogen-bond donors (Lipinski definition) is 14. The normalized spacial score (nSPS) is 13.1. The van der Waals surface area contributed by atoms with Crippen LogP contribution in [0.25, 0.3) is 0 Å². The fraction of sp³-hybridized carbons (Fsp3) is 0.577. The minimum atomic E-state index is -0.575. The van der Waals surface area contributed by atoms with E-state index in [1.54, 1.807) is 13.8 Å². The highest BCUT2D eigenvalue weighted by molar-refractivity contribution is 5.99. The molecule has 0 spiro atoms. The van der Waals surface area contributed by atoms with Gasteiger partial charge in [-0.2, -0.15) is 30.5 Å². The molecular weight excluding hydrogens is 1310 g/mol. The van der Waals surface area contributed by atoms with Crippen LogP contribution >= 0.6 is 0 Å². The third-order valence-corrected chi connectivity index (χ3v) is 16.6. The highest BCUT2D eigenvalue weighted by atomic mass is 16.2. The van der Waals surface area contributed by atoms with Gasteiger partial charge < -0.3 is 77.8 Å². The number of nitriles is 2. The average molecular weight is 1430 g/mol. The predicted octanol–water partition coefficient (Wildman–Crippen LogP) is 10.2. The maximum Gasteiger partial charge on any atom is 0.254 e. The van der Waals surface area contributed by atoms with Gasteiger partial charge in [0.15, 0.2) is 0 Å². The molecule has 32 heteroatoms. The van der Waals surface area contributed by atoms with Gasteiger partial charge in [0.05, 0.1) is 34.6 Å². The maximum atomic E-state index is 11.4. The zero-order valence-electron chi connectivity index (χ0n) is 65.6. The number of nitrogens with one attached hydrogen (secondary N) is 6. The van der Waals surface area contributed by atoms with Gasteiger partial charge in [0.1, 0.15) is 69.8 Å². The third-order valence-electron chi connectivity index (χ3n) is 16.6. The lowest BCUT2D eigenvalue weighted by atomic mass is 9.85. The van der Waals surface area contributed by atoms with E-state index in [1.165, 1.54) is 37.2 Å². The third kappa shape index (κ3) is 31.0. The summed E-state index contributed by atoms with van der Waals surface area (Å²) >= 11 is 0. The number of nitrogen functional groups attached to an aromatic ring is 4. The van der Waals surface area contributed by atoms with Crippen LogP contribution in [0.3, 0.4) is 0 Å². The number of anilines is 10. The largest absolute Gasteiger partial charge is 0.368 e. The van der Waals surface area contributed by atoms with Crippen LogP contribution in [0.2, 0.25) is 0 Å². The van der Waals surface area contributed by atoms with Crippen LogP contribution in [0.15, 0.2) is 37.2 Å². The van der Waals surface area contributed by atoms with Crippen LogP contribution < -0.4 is 77.8 Å². The Morgan fingerprint density at radius 1 is 0.350 bits per heavy atom. The first kappa shape index (κ1) is 90.4. The SMILES string of the molecule is CC(Nc1nc(N)ncc1C#N)C(C)(C)C.CC(Nc1nc(N)ncc1C(N)=O)C(C)(C)C.CCC(Nc1nc(C)ncc1C(N)=O)C(C)(C)C.CCC(Nc1nc(N)ncc1C#N)C(C)(C)C.CCC(Nc1nc(N)ncc1C(N)=O)C(C)(C)C.Cc1ncc(C(N)=O)c(NC(C)C(C)(C)C)n1. The van der Waals surface area contributed by atoms with Gasteiger partial charge in [-0.3, -0.25) is 19.2 Å². The molecular formula is C71H118N28O4. The Hall–Kier alpha value is -10.7. The van der Waals surface area contributed by atoms with Crippen molar-refractivity contribution in [1.82, 2.24) is 59.8 Å². The molecule has 6 aromatic rings. The van der Waals surface area contributed by atoms with Crippen molar-refractivity contribution in [3.05, 3.63) is 82.2 Å². The first-order valence-corrected chi connectivity index (χ1v) is 33.9. The number of nitrogens with two attached hydrogens (primary N) is 8. The Balaban J connectivity index is 0.000000618. The van der Waals surface area contributed by atoms with Gasteiger partial charge in [-0.05, 0) is 86.4 Å². The number of rotatable bonds is 19. The zero-order chi connectivity index (χ0) is 79.7. The molecule has 0 radical (unpaired) electrons. The van der Waals surface area contributed by atoms with Crippen LogP contribution in [-0.2, 0) is 0 Å². The smallest absolute Gasteiger partial charge is 0.254 e. The number of carbonyl (C=O) groups excluding carboxylic acids is 4. The Bertz CT molecular complexity index is 3680. The standard InChI is InChI=1S/C13H22N4O.C12H21N5O.C12H19N5.C12H20N4O.C11H19N5O.C11H17N5/c1-6-10(13(3,4)5)17-12-9(11(14)18)7-15-8(2)16-12;1-5-8(12(2,3)4)16-10-7(9(13)18)6-15-11(14)17-10;1-5-9(12(2,3)4)16-10-8(6-13)7-15-11(14)17-10;1-7(12(3,4)5)15-11-9(10(13)17)6-14-8(2)16-11;1-6(11(2,3)4)15-9-7(8(12)17)5-14-10(13)16-9;1-7(11(2,3)4)15-9-8(5-12)6-14-10(13)16-9/h7,10H,6H2,1-5H3,(H2,14,18)(H,15,16,17);6,8H,5H2,1-4H3,(H2,13,18)(H3,14,15,16,17);7,9H,5H2,1-4H3,(H3,14,15,16,17);6-7H,1-5H3,(H2,13,17)(H,14,15,16);5-6H,1-4H3,(H2,12,17)(H3,13,14,15,16);6-7H,1-4H3,(H3,13,14,15,16). The lowest BCUT2D eigenvalue weighted by Crippen LogP contribution is -2.34. The van der Waals surface area contributed by atoms with Crippen molar-refractivity contribution in [2.45, 2.75) is 236 Å². The van der Waals surface area contributed by atoms with Gasteiger partial charge in [-0.1, -0.05) is 145 Å². The number of carbonyl (C=O) groups is 4. The number of amides is 4. The van der Waals surface area contributed by atoms with E-state index in [9.17, 15) is 19.2 Å². The molecule has 0 aliphatic rings. The van der Waals surface area contributed by atoms with Crippen molar-refractivity contribution in [2.24, 2.45) is 55.4 Å². The highest BCUT2D eigenvalue weighted by Gasteiger charge is 2.29. The number of nitrogens with zero attached hydrogens (tertiary/aromatic N) is 14. The highest BCUT2D eigenvalue weighted by Crippen LogP contribution is 2.31. The van der Waals surface area contributed by atoms with Crippen molar-refractivity contribution >= 4 is 82.3 Å². The molecule has 22 N–H and O–H groups in total. The second kappa shape index (κ2) is 39.0. The first-order valence-electron chi connectivity index (χ1n) is 33.9. The van der Waals surface area contributed by atoms with Crippen LogP contribution in [0.4, 0.5) is 58.7 Å². The van der Waals surface area contributed by atoms with Crippen molar-refractivity contribution in [1.29, 1.82) is 10.5 Å². The summed E-state index contributed by atoms with van der Waals surface area (Å²) in [5.74, 6) is 2.45. The van der Waals surface area contributed by atoms with Crippen molar-refractivity contribution in [2.75, 3.05) is 54.8 Å². The zero-order valence-corrected chi connectivity index (χ0v) is 65.6. The summed E-state index contributed by atoms with van der Waals surface area (Å²) in [7, 11) is 0. The van der Waals surface area contributed by atoms with E-state index in [2.05, 4.69) is 243 Å². The lowest BCUT2D eigenvalue weighted by Gasteiger charge is -2.31. The van der Waals surface area contributed by atoms with E-state index in [4.69, 9.17) is 56.4 Å². The maximum absolute atomic E-state index is 11.4. The molecule has 0 aliphatic heterocycles. The van der Waals surface area contributed by atoms with Crippen LogP contribution in [0, 0.1) is 69.0 Å². The molecule has 0 saturated carbocycles. The minimum Gasteiger partial charge on any atom is -0.368 e. The molecule has 103 heavy (non-hydrogen) atoms. The molecule has 6 unspecified atom stereocenters. The van der Waals surface area contributed by atoms with E-state index in [0.717, 1.165) is 19.3 Å². The quantitative estimate of drug-likeness (QED) is 0.0358. The van der Waals surface area contributed by atoms with Crippen LogP contribution in [0.1, 0.15) is 250 Å². The topological polar surface area (TPSA) is 551 Å². The summed E-state index contributed by atoms with van der Waals surface area (Å²) in [6.07, 6.45) is 11.3. The molecule has 6 rings (SSSR count). The van der Waals surface area contributed by atoms with Crippen molar-refractivity contribution in [3.8, 4) is 12.1 Å². The summed E-state index contributed by atoms with van der Waals surface area (Å²) in [6.45, 7) is 54.0. The Morgan fingerprint density at radius 3 is 0.796 bits per heavy atom. The minimum absolute atomic E-state index is 0.0224. The number of aryl methyl sites for hydroxylation is 2. The molecule has 6 aromatic heterocycles. The van der Waals surface area contributed by atoms with E-state index in [-0.39, 0.29) is 104 Å². The fourth-order valence-corrected chi connectivity index (χ4v) is 8.62. The molecule has 32 nitrogen and oxygen atoms in total. The van der Waals surface area contributed by atoms with Crippen LogP contribution in [-0.4, -0.2) is 120 Å². The summed E-state index contributed by atoms with van der Waals surface area (Å²) in [5.41, 5.74) is 45.6.